The number of ether oxygens (including phenoxy) is 2. The molecule has 2 atom stereocenters. The van der Waals surface area contributed by atoms with Crippen LogP contribution >= 0.6 is 7.82 Å². The molecule has 0 spiro atoms. The van der Waals surface area contributed by atoms with Crippen LogP contribution in [-0.2, 0) is 27.9 Å². The second kappa shape index (κ2) is 52.8. The summed E-state index contributed by atoms with van der Waals surface area (Å²) in [4.78, 5) is 25.3. The maximum atomic E-state index is 12.8. The van der Waals surface area contributed by atoms with Crippen LogP contribution in [0.2, 0.25) is 0 Å². The van der Waals surface area contributed by atoms with Crippen molar-refractivity contribution in [3.63, 3.8) is 0 Å². The zero-order valence-corrected chi connectivity index (χ0v) is 47.2. The number of esters is 1. The lowest BCUT2D eigenvalue weighted by Crippen LogP contribution is -2.37. The van der Waals surface area contributed by atoms with Crippen LogP contribution < -0.4 is 4.89 Å². The van der Waals surface area contributed by atoms with Crippen molar-refractivity contribution in [1.82, 2.24) is 0 Å². The lowest BCUT2D eigenvalue weighted by molar-refractivity contribution is -0.870. The van der Waals surface area contributed by atoms with Gasteiger partial charge in [0, 0.05) is 13.0 Å². The normalized spacial score (nSPS) is 13.8. The van der Waals surface area contributed by atoms with Gasteiger partial charge in [0.2, 0.25) is 0 Å². The van der Waals surface area contributed by atoms with Crippen molar-refractivity contribution < 1.29 is 37.3 Å². The number of unbranched alkanes of at least 4 members (excludes halogenated alkanes) is 33. The molecule has 0 bridgehead atoms. The van der Waals surface area contributed by atoms with Crippen LogP contribution in [0.4, 0.5) is 0 Å². The molecule has 8 nitrogen and oxygen atoms in total. The minimum Gasteiger partial charge on any atom is -0.756 e. The van der Waals surface area contributed by atoms with Gasteiger partial charge in [0.05, 0.1) is 34.4 Å². The molecule has 0 aliphatic heterocycles. The number of nitrogens with zero attached hydrogens (tertiary/aromatic N) is 1. The van der Waals surface area contributed by atoms with E-state index < -0.39 is 13.9 Å². The monoisotopic (exact) mass is 992 g/mol. The van der Waals surface area contributed by atoms with Gasteiger partial charge in [-0.2, -0.15) is 0 Å². The average molecular weight is 993 g/mol. The van der Waals surface area contributed by atoms with E-state index in [1.54, 1.807) is 0 Å². The fourth-order valence-corrected chi connectivity index (χ4v) is 9.15. The third-order valence-corrected chi connectivity index (χ3v) is 13.9. The first-order chi connectivity index (χ1) is 33.6. The highest BCUT2D eigenvalue weighted by Crippen LogP contribution is 2.38. The van der Waals surface area contributed by atoms with Crippen molar-refractivity contribution >= 4 is 13.8 Å². The zero-order chi connectivity index (χ0) is 50.5. The molecule has 0 fully saturated rings. The summed E-state index contributed by atoms with van der Waals surface area (Å²) in [6.45, 7) is 5.35. The summed E-state index contributed by atoms with van der Waals surface area (Å²) in [5, 5.41) is 0. The number of hydrogen-bond acceptors (Lipinski definition) is 7. The van der Waals surface area contributed by atoms with Gasteiger partial charge in [-0.05, 0) is 51.4 Å². The lowest BCUT2D eigenvalue weighted by atomic mass is 10.0. The molecule has 0 rings (SSSR count). The molecule has 0 aromatic carbocycles. The fraction of sp³-hybridized carbons (Fsp3) is 0.850. The van der Waals surface area contributed by atoms with Crippen LogP contribution in [-0.4, -0.2) is 70.7 Å². The minimum atomic E-state index is -4.54. The van der Waals surface area contributed by atoms with Gasteiger partial charge in [0.15, 0.2) is 0 Å². The van der Waals surface area contributed by atoms with E-state index in [9.17, 15) is 14.3 Å². The summed E-state index contributed by atoms with van der Waals surface area (Å²) in [5.74, 6) is -0.329. The van der Waals surface area contributed by atoms with Crippen LogP contribution in [0.25, 0.3) is 0 Å². The molecule has 0 aliphatic rings. The quantitative estimate of drug-likeness (QED) is 0.0197. The smallest absolute Gasteiger partial charge is 0.306 e. The molecular weight excluding hydrogens is 878 g/mol. The number of allylic oxidation sites excluding steroid dienone is 8. The highest BCUT2D eigenvalue weighted by molar-refractivity contribution is 7.45. The summed E-state index contributed by atoms with van der Waals surface area (Å²) in [5.41, 5.74) is 0. The molecule has 0 aromatic rings. The highest BCUT2D eigenvalue weighted by Gasteiger charge is 2.20. The van der Waals surface area contributed by atoms with Crippen molar-refractivity contribution in [3.05, 3.63) is 48.6 Å². The van der Waals surface area contributed by atoms with E-state index in [2.05, 4.69) is 62.5 Å². The molecule has 0 amide bonds. The summed E-state index contributed by atoms with van der Waals surface area (Å²) in [6, 6.07) is 0. The van der Waals surface area contributed by atoms with Gasteiger partial charge in [0.25, 0.3) is 7.82 Å². The predicted octanol–water partition coefficient (Wildman–Crippen LogP) is 18.0. The number of quaternary nitrogens is 1. The maximum absolute atomic E-state index is 12.8. The van der Waals surface area contributed by atoms with E-state index in [4.69, 9.17) is 18.5 Å². The molecule has 0 N–H and O–H groups in total. The molecule has 0 aromatic heterocycles. The Labute approximate surface area is 428 Å². The zero-order valence-electron chi connectivity index (χ0n) is 46.3. The van der Waals surface area contributed by atoms with Crippen molar-refractivity contribution in [1.29, 1.82) is 0 Å². The summed E-state index contributed by atoms with van der Waals surface area (Å²) >= 11 is 0. The van der Waals surface area contributed by atoms with Crippen LogP contribution in [0.5, 0.6) is 0 Å². The van der Waals surface area contributed by atoms with Crippen molar-refractivity contribution in [3.8, 4) is 0 Å². The first kappa shape index (κ1) is 67.5. The van der Waals surface area contributed by atoms with Crippen LogP contribution in [0, 0.1) is 0 Å². The molecular formula is C60H114NO7P. The number of likely N-dealkylation sites (N-methyl/N-ethyl adjacent to an activating group) is 1. The number of phosphoric ester groups is 1. The van der Waals surface area contributed by atoms with E-state index in [1.807, 2.05) is 21.1 Å². The third kappa shape index (κ3) is 57.2. The molecule has 69 heavy (non-hydrogen) atoms. The Morgan fingerprint density at radius 2 is 0.841 bits per heavy atom. The van der Waals surface area contributed by atoms with Crippen LogP contribution in [0.15, 0.2) is 48.6 Å². The van der Waals surface area contributed by atoms with E-state index in [-0.39, 0.29) is 25.8 Å². The van der Waals surface area contributed by atoms with Gasteiger partial charge in [0.1, 0.15) is 19.3 Å². The summed E-state index contributed by atoms with van der Waals surface area (Å²) < 4.78 is 34.9. The predicted molar refractivity (Wildman–Crippen MR) is 296 cm³/mol. The minimum absolute atomic E-state index is 0.0263. The Bertz CT molecular complexity index is 1240. The lowest BCUT2D eigenvalue weighted by Gasteiger charge is -2.28. The second-order valence-electron chi connectivity index (χ2n) is 21.0. The standard InChI is InChI=1S/C60H114NO7P/c1-6-8-10-12-14-16-18-20-22-24-26-28-30-32-34-36-38-40-42-44-46-48-50-52-55-65-57-59(58-67-69(63,64)66-56-54-61(3,4)5)68-60(62)53-51-49-47-45-43-41-39-37-35-33-31-29-27-25-23-21-19-17-15-13-11-9-7-2/h8,10,14,16,20,22,26,28,59H,6-7,9,11-13,15,17-19,21,23-25,27,29-58H2,1-5H3/b10-8-,16-14-,22-20-,28-26-. The third-order valence-electron chi connectivity index (χ3n) is 12.9. The first-order valence-corrected chi connectivity index (χ1v) is 30.8. The number of phosphoric acid groups is 1. The van der Waals surface area contributed by atoms with Crippen molar-refractivity contribution in [2.75, 3.05) is 54.1 Å². The van der Waals surface area contributed by atoms with Crippen molar-refractivity contribution in [2.45, 2.75) is 277 Å². The first-order valence-electron chi connectivity index (χ1n) is 29.4. The Morgan fingerprint density at radius 1 is 0.464 bits per heavy atom. The fourth-order valence-electron chi connectivity index (χ4n) is 8.42. The molecule has 9 heteroatoms. The molecule has 406 valence electrons. The SMILES string of the molecule is CC/C=C\C/C=C\C/C=C\C/C=C\CCCCCCCCCCCCCOCC(COP(=O)([O-])OCC[N+](C)(C)C)OC(=O)CCCCCCCCCCCCCCCCCCCCCCCCC. The van der Waals surface area contributed by atoms with Gasteiger partial charge in [-0.25, -0.2) is 0 Å². The maximum Gasteiger partial charge on any atom is 0.306 e. The molecule has 0 aliphatic carbocycles. The van der Waals surface area contributed by atoms with Gasteiger partial charge in [-0.1, -0.05) is 262 Å². The summed E-state index contributed by atoms with van der Waals surface area (Å²) in [7, 11) is 1.36. The Hall–Kier alpha value is -1.54. The largest absolute Gasteiger partial charge is 0.756 e. The van der Waals surface area contributed by atoms with Gasteiger partial charge in [-0.3, -0.25) is 9.36 Å². The summed E-state index contributed by atoms with van der Waals surface area (Å²) in [6.07, 6.45) is 67.3. The number of carbonyl (C=O) groups excluding carboxylic acids is 1. The molecule has 0 saturated heterocycles. The number of hydrogen-bond donors (Lipinski definition) is 0. The molecule has 0 heterocycles. The number of carbonyl (C=O) groups is 1. The Kier molecular flexibility index (Phi) is 51.6. The van der Waals surface area contributed by atoms with E-state index in [0.717, 1.165) is 57.8 Å². The van der Waals surface area contributed by atoms with Gasteiger partial charge in [-0.15, -0.1) is 0 Å². The van der Waals surface area contributed by atoms with E-state index in [0.29, 0.717) is 24.1 Å². The highest BCUT2D eigenvalue weighted by atomic mass is 31.2. The van der Waals surface area contributed by atoms with Crippen LogP contribution in [0.1, 0.15) is 271 Å². The van der Waals surface area contributed by atoms with Crippen molar-refractivity contribution in [2.24, 2.45) is 0 Å². The van der Waals surface area contributed by atoms with E-state index in [1.165, 1.54) is 193 Å². The Morgan fingerprint density at radius 3 is 1.26 bits per heavy atom. The second-order valence-corrected chi connectivity index (χ2v) is 22.4. The Balaban J connectivity index is 4.04. The molecule has 0 saturated carbocycles. The van der Waals surface area contributed by atoms with Gasteiger partial charge >= 0.3 is 5.97 Å². The van der Waals surface area contributed by atoms with E-state index >= 15 is 0 Å². The average Bonchev–Trinajstić information content (AvgIpc) is 3.31. The number of rotatable bonds is 55. The van der Waals surface area contributed by atoms with Crippen LogP contribution in [0.3, 0.4) is 0 Å². The molecule has 2 unspecified atom stereocenters. The molecule has 0 radical (unpaired) electrons. The topological polar surface area (TPSA) is 94.1 Å². The van der Waals surface area contributed by atoms with Gasteiger partial charge < -0.3 is 27.9 Å².